The van der Waals surface area contributed by atoms with Crippen molar-refractivity contribution in [3.05, 3.63) is 28.5 Å². The Labute approximate surface area is 148 Å². The van der Waals surface area contributed by atoms with E-state index in [0.29, 0.717) is 16.1 Å². The molecule has 5 N–H and O–H groups in total. The zero-order valence-corrected chi connectivity index (χ0v) is 14.6. The number of hydrogen-bond acceptors (Lipinski definition) is 6. The number of aliphatic carboxylic acids is 1. The number of H-pyrrole nitrogens is 1. The van der Waals surface area contributed by atoms with Crippen LogP contribution in [0.25, 0.3) is 0 Å². The molecule has 25 heavy (non-hydrogen) atoms. The molecular weight excluding hydrogens is 348 g/mol. The lowest BCUT2D eigenvalue weighted by molar-refractivity contribution is -0.146. The highest BCUT2D eigenvalue weighted by molar-refractivity contribution is 7.71. The van der Waals surface area contributed by atoms with Gasteiger partial charge in [-0.1, -0.05) is 6.07 Å². The molecule has 10 nitrogen and oxygen atoms in total. The van der Waals surface area contributed by atoms with Gasteiger partial charge in [0, 0.05) is 21.1 Å². The summed E-state index contributed by atoms with van der Waals surface area (Å²) in [5.74, 6) is -1.16. The van der Waals surface area contributed by atoms with Gasteiger partial charge in [-0.05, 0) is 29.9 Å². The molecule has 11 heteroatoms. The Morgan fingerprint density at radius 1 is 1.36 bits per heavy atom. The average Bonchev–Trinajstić information content (AvgIpc) is 2.85. The Morgan fingerprint density at radius 2 is 2.04 bits per heavy atom. The van der Waals surface area contributed by atoms with Crippen molar-refractivity contribution in [2.45, 2.75) is 6.10 Å². The molecule has 0 aliphatic heterocycles. The van der Waals surface area contributed by atoms with Crippen molar-refractivity contribution in [2.24, 2.45) is 7.05 Å². The van der Waals surface area contributed by atoms with E-state index in [1.807, 2.05) is 0 Å². The Bertz CT molecular complexity index is 859. The number of benzene rings is 1. The highest BCUT2D eigenvalue weighted by atomic mass is 32.1. The molecule has 1 aromatic heterocycles. The van der Waals surface area contributed by atoms with Crippen LogP contribution in [0.15, 0.2) is 18.2 Å². The minimum atomic E-state index is -1.69. The average molecular weight is 366 g/mol. The minimum absolute atomic E-state index is 0.145. The molecule has 0 aliphatic rings. The predicted octanol–water partition coefficient (Wildman–Crippen LogP) is 1.31. The van der Waals surface area contributed by atoms with Crippen molar-refractivity contribution < 1.29 is 19.8 Å². The van der Waals surface area contributed by atoms with Crippen LogP contribution in [0.1, 0.15) is 11.7 Å². The van der Waals surface area contributed by atoms with Crippen molar-refractivity contribution in [1.29, 1.82) is 0 Å². The number of anilines is 3. The number of carboxylic acid groups (broad SMARTS) is 1. The molecule has 0 bridgehead atoms. The Balaban J connectivity index is 2.27. The van der Waals surface area contributed by atoms with Crippen molar-refractivity contribution in [2.75, 3.05) is 29.6 Å². The van der Waals surface area contributed by atoms with Crippen LogP contribution in [-0.2, 0) is 11.8 Å². The van der Waals surface area contributed by atoms with E-state index >= 15 is 0 Å². The summed E-state index contributed by atoms with van der Waals surface area (Å²) in [6.07, 6.45) is -1.69. The van der Waals surface area contributed by atoms with Gasteiger partial charge in [0.05, 0.1) is 11.4 Å². The van der Waals surface area contributed by atoms with E-state index in [9.17, 15) is 14.7 Å². The van der Waals surface area contributed by atoms with E-state index in [1.165, 1.54) is 16.7 Å². The fourth-order valence-electron chi connectivity index (χ4n) is 2.07. The maximum atomic E-state index is 12.2. The lowest BCUT2D eigenvalue weighted by Crippen LogP contribution is -2.23. The molecule has 1 unspecified atom stereocenters. The number of aromatic amines is 1. The number of aliphatic hydroxyl groups is 1. The molecule has 0 spiro atoms. The molecule has 134 valence electrons. The maximum absolute atomic E-state index is 12.2. The van der Waals surface area contributed by atoms with E-state index in [2.05, 4.69) is 20.8 Å². The third kappa shape index (κ3) is 4.14. The summed E-state index contributed by atoms with van der Waals surface area (Å²) in [6, 6.07) is 3.89. The van der Waals surface area contributed by atoms with Crippen LogP contribution in [0.3, 0.4) is 0 Å². The highest BCUT2D eigenvalue weighted by Gasteiger charge is 2.19. The summed E-state index contributed by atoms with van der Waals surface area (Å²) in [5.41, 5.74) is 1.11. The Kier molecular flexibility index (Phi) is 5.39. The lowest BCUT2D eigenvalue weighted by atomic mass is 10.1. The first kappa shape index (κ1) is 18.4. The van der Waals surface area contributed by atoms with Gasteiger partial charge in [-0.25, -0.2) is 14.7 Å². The van der Waals surface area contributed by atoms with Gasteiger partial charge in [-0.15, -0.1) is 5.10 Å². The van der Waals surface area contributed by atoms with E-state index in [4.69, 9.17) is 17.3 Å². The zero-order valence-electron chi connectivity index (χ0n) is 13.8. The van der Waals surface area contributed by atoms with E-state index in [0.717, 1.165) is 0 Å². The second kappa shape index (κ2) is 7.32. The monoisotopic (exact) mass is 366 g/mol. The molecule has 0 radical (unpaired) electrons. The Hall–Kier alpha value is -2.92. The normalized spacial score (nSPS) is 11.7. The van der Waals surface area contributed by atoms with Gasteiger partial charge < -0.3 is 20.4 Å². The molecule has 2 aromatic rings. The molecule has 0 saturated heterocycles. The van der Waals surface area contributed by atoms with Gasteiger partial charge in [0.15, 0.2) is 10.9 Å². The van der Waals surface area contributed by atoms with Crippen molar-refractivity contribution in [1.82, 2.24) is 14.8 Å². The van der Waals surface area contributed by atoms with Crippen molar-refractivity contribution in [3.8, 4) is 0 Å². The fraction of sp³-hybridized carbons (Fsp3) is 0.286. The van der Waals surface area contributed by atoms with Crippen LogP contribution in [0.4, 0.5) is 22.1 Å². The number of carbonyl (C=O) groups is 2. The number of hydrogen-bond donors (Lipinski definition) is 5. The number of amides is 2. The van der Waals surface area contributed by atoms with Gasteiger partial charge in [0.1, 0.15) is 0 Å². The van der Waals surface area contributed by atoms with Gasteiger partial charge in [-0.2, -0.15) is 0 Å². The molecule has 0 aliphatic carbocycles. The number of aromatic nitrogens is 3. The van der Waals surface area contributed by atoms with Gasteiger partial charge in [0.25, 0.3) is 0 Å². The summed E-state index contributed by atoms with van der Waals surface area (Å²) >= 11 is 4.96. The maximum Gasteiger partial charge on any atom is 0.337 e. The van der Waals surface area contributed by atoms with E-state index in [1.54, 1.807) is 32.1 Å². The lowest BCUT2D eigenvalue weighted by Gasteiger charge is -2.19. The first-order valence-corrected chi connectivity index (χ1v) is 7.53. The van der Waals surface area contributed by atoms with Crippen LogP contribution in [0.5, 0.6) is 0 Å². The number of nitrogens with zero attached hydrogens (tertiary/aromatic N) is 3. The summed E-state index contributed by atoms with van der Waals surface area (Å²) < 4.78 is 1.82. The van der Waals surface area contributed by atoms with E-state index < -0.39 is 18.1 Å². The van der Waals surface area contributed by atoms with Crippen LogP contribution >= 0.6 is 12.2 Å². The standard InChI is InChI=1S/C14H18N6O4S/c1-19(2)9-5-4-7(10(21)11(22)23)6-8(9)15-13(24)16-12-17-18-14(25)20(12)3/h4-6,10,21H,1-3H3,(H,18,25)(H,22,23)(H2,15,16,17,24). The second-order valence-corrected chi connectivity index (χ2v) is 5.79. The third-order valence-electron chi connectivity index (χ3n) is 3.41. The van der Waals surface area contributed by atoms with Crippen LogP contribution in [-0.4, -0.2) is 51.1 Å². The quantitative estimate of drug-likeness (QED) is 0.503. The SMILES string of the molecule is CN(C)c1ccc(C(O)C(=O)O)cc1NC(=O)Nc1n[nH]c(=S)n1C. The molecule has 0 fully saturated rings. The van der Waals surface area contributed by atoms with Gasteiger partial charge in [0.2, 0.25) is 5.95 Å². The summed E-state index contributed by atoms with van der Waals surface area (Å²) in [4.78, 5) is 24.9. The number of aliphatic hydroxyl groups excluding tert-OH is 1. The third-order valence-corrected chi connectivity index (χ3v) is 3.77. The number of urea groups is 1. The highest BCUT2D eigenvalue weighted by Crippen LogP contribution is 2.28. The molecule has 2 amide bonds. The first-order chi connectivity index (χ1) is 11.7. The number of rotatable bonds is 5. The minimum Gasteiger partial charge on any atom is -0.479 e. The topological polar surface area (TPSA) is 136 Å². The molecule has 1 atom stereocenters. The summed E-state index contributed by atoms with van der Waals surface area (Å²) in [7, 11) is 5.17. The van der Waals surface area contributed by atoms with Crippen LogP contribution in [0.2, 0.25) is 0 Å². The smallest absolute Gasteiger partial charge is 0.337 e. The number of carboxylic acids is 1. The number of carbonyl (C=O) groups excluding carboxylic acids is 1. The predicted molar refractivity (Wildman–Crippen MR) is 94.4 cm³/mol. The zero-order chi connectivity index (χ0) is 18.7. The van der Waals surface area contributed by atoms with Crippen molar-refractivity contribution >= 4 is 41.5 Å². The van der Waals surface area contributed by atoms with Gasteiger partial charge in [-0.3, -0.25) is 9.88 Å². The fourth-order valence-corrected chi connectivity index (χ4v) is 2.20. The second-order valence-electron chi connectivity index (χ2n) is 5.40. The van der Waals surface area contributed by atoms with E-state index in [-0.39, 0.29) is 11.5 Å². The summed E-state index contributed by atoms with van der Waals surface area (Å²) in [5, 5.41) is 30.2. The largest absolute Gasteiger partial charge is 0.479 e. The molecule has 2 rings (SSSR count). The molecular formula is C14H18N6O4S. The Morgan fingerprint density at radius 3 is 2.56 bits per heavy atom. The molecule has 1 aromatic carbocycles. The van der Waals surface area contributed by atoms with Crippen molar-refractivity contribution in [3.63, 3.8) is 0 Å². The number of nitrogens with one attached hydrogen (secondary N) is 3. The molecule has 1 heterocycles. The van der Waals surface area contributed by atoms with Gasteiger partial charge >= 0.3 is 12.0 Å². The van der Waals surface area contributed by atoms with Crippen LogP contribution < -0.4 is 15.5 Å². The summed E-state index contributed by atoms with van der Waals surface area (Å²) in [6.45, 7) is 0. The van der Waals surface area contributed by atoms with Crippen LogP contribution in [0, 0.1) is 4.77 Å². The molecule has 0 saturated carbocycles. The first-order valence-electron chi connectivity index (χ1n) is 7.12.